The molecule has 3 N–H and O–H groups in total. The number of anilines is 1. The van der Waals surface area contributed by atoms with Gasteiger partial charge in [-0.15, -0.1) is 0 Å². The van der Waals surface area contributed by atoms with Crippen LogP contribution >= 0.6 is 0 Å². The van der Waals surface area contributed by atoms with E-state index in [1.807, 2.05) is 19.9 Å². The topological polar surface area (TPSA) is 50.5 Å². The molecule has 0 amide bonds. The van der Waals surface area contributed by atoms with Crippen LogP contribution in [0.15, 0.2) is 18.2 Å². The molecule has 20 heavy (non-hydrogen) atoms. The Morgan fingerprint density at radius 1 is 1.30 bits per heavy atom. The van der Waals surface area contributed by atoms with Gasteiger partial charge in [-0.3, -0.25) is 0 Å². The van der Waals surface area contributed by atoms with Gasteiger partial charge in [0.2, 0.25) is 0 Å². The van der Waals surface area contributed by atoms with Crippen molar-refractivity contribution in [2.75, 3.05) is 38.5 Å². The second-order valence-corrected chi connectivity index (χ2v) is 5.73. The number of piperazine rings is 1. The molecule has 0 aromatic heterocycles. The highest BCUT2D eigenvalue weighted by Crippen LogP contribution is 2.24. The Morgan fingerprint density at radius 3 is 2.70 bits per heavy atom. The van der Waals surface area contributed by atoms with Crippen LogP contribution in [-0.2, 0) is 6.42 Å². The van der Waals surface area contributed by atoms with Crippen molar-refractivity contribution in [3.05, 3.63) is 23.8 Å². The van der Waals surface area contributed by atoms with E-state index in [4.69, 9.17) is 10.5 Å². The summed E-state index contributed by atoms with van der Waals surface area (Å²) >= 11 is 0. The average Bonchev–Trinajstić information content (AvgIpc) is 2.43. The predicted octanol–water partition coefficient (Wildman–Crippen LogP) is 1.89. The summed E-state index contributed by atoms with van der Waals surface area (Å²) in [6.07, 6.45) is 2.43. The van der Waals surface area contributed by atoms with Crippen LogP contribution in [-0.4, -0.2) is 43.7 Å². The molecule has 112 valence electrons. The standard InChI is InChI=1S/C16H27N3O/c1-13(2)20-16-6-5-14(12-15(16)17)4-3-9-19-10-7-18-8-11-19/h5-6,12-13,18H,3-4,7-11,17H2,1-2H3. The fourth-order valence-corrected chi connectivity index (χ4v) is 2.56. The van der Waals surface area contributed by atoms with E-state index in [9.17, 15) is 0 Å². The Balaban J connectivity index is 1.79. The monoisotopic (exact) mass is 277 g/mol. The first-order valence-electron chi connectivity index (χ1n) is 7.63. The first kappa shape index (κ1) is 15.1. The van der Waals surface area contributed by atoms with E-state index in [1.165, 1.54) is 31.6 Å². The van der Waals surface area contributed by atoms with Crippen molar-refractivity contribution in [2.45, 2.75) is 32.8 Å². The molecule has 4 heteroatoms. The predicted molar refractivity (Wildman–Crippen MR) is 84.2 cm³/mol. The second kappa shape index (κ2) is 7.50. The summed E-state index contributed by atoms with van der Waals surface area (Å²) in [4.78, 5) is 2.52. The number of nitrogens with one attached hydrogen (secondary N) is 1. The molecule has 4 nitrogen and oxygen atoms in total. The minimum Gasteiger partial charge on any atom is -0.489 e. The zero-order chi connectivity index (χ0) is 14.4. The first-order chi connectivity index (χ1) is 9.65. The number of aryl methyl sites for hydroxylation is 1. The van der Waals surface area contributed by atoms with Gasteiger partial charge in [0.05, 0.1) is 11.8 Å². The maximum atomic E-state index is 6.04. The van der Waals surface area contributed by atoms with Gasteiger partial charge in [0.15, 0.2) is 0 Å². The number of rotatable bonds is 6. The van der Waals surface area contributed by atoms with E-state index in [-0.39, 0.29) is 6.10 Å². The number of benzene rings is 1. The van der Waals surface area contributed by atoms with Crippen LogP contribution in [0, 0.1) is 0 Å². The van der Waals surface area contributed by atoms with Crippen molar-refractivity contribution in [3.63, 3.8) is 0 Å². The van der Waals surface area contributed by atoms with Gasteiger partial charge in [0.1, 0.15) is 5.75 Å². The van der Waals surface area contributed by atoms with Crippen molar-refractivity contribution in [1.82, 2.24) is 10.2 Å². The molecular weight excluding hydrogens is 250 g/mol. The van der Waals surface area contributed by atoms with E-state index in [0.29, 0.717) is 0 Å². The summed E-state index contributed by atoms with van der Waals surface area (Å²) in [6, 6.07) is 6.18. The van der Waals surface area contributed by atoms with Crippen LogP contribution in [0.4, 0.5) is 5.69 Å². The summed E-state index contributed by atoms with van der Waals surface area (Å²) in [5, 5.41) is 3.38. The molecule has 0 saturated carbocycles. The van der Waals surface area contributed by atoms with Crippen molar-refractivity contribution in [2.24, 2.45) is 0 Å². The summed E-state index contributed by atoms with van der Waals surface area (Å²) in [5.74, 6) is 0.797. The molecule has 1 aromatic carbocycles. The van der Waals surface area contributed by atoms with Crippen LogP contribution in [0.5, 0.6) is 5.75 Å². The van der Waals surface area contributed by atoms with E-state index < -0.39 is 0 Å². The number of hydrogen-bond acceptors (Lipinski definition) is 4. The first-order valence-corrected chi connectivity index (χ1v) is 7.63. The highest BCUT2D eigenvalue weighted by molar-refractivity contribution is 5.54. The third-order valence-corrected chi connectivity index (χ3v) is 3.59. The second-order valence-electron chi connectivity index (χ2n) is 5.73. The normalized spacial score (nSPS) is 16.6. The Morgan fingerprint density at radius 2 is 2.05 bits per heavy atom. The molecule has 1 saturated heterocycles. The lowest BCUT2D eigenvalue weighted by Crippen LogP contribution is -2.43. The van der Waals surface area contributed by atoms with Gasteiger partial charge in [-0.1, -0.05) is 6.07 Å². The molecule has 1 aliphatic rings. The quantitative estimate of drug-likeness (QED) is 0.780. The van der Waals surface area contributed by atoms with Gasteiger partial charge < -0.3 is 20.7 Å². The largest absolute Gasteiger partial charge is 0.489 e. The summed E-state index contributed by atoms with van der Waals surface area (Å²) in [6.45, 7) is 9.78. The van der Waals surface area contributed by atoms with Crippen LogP contribution < -0.4 is 15.8 Å². The van der Waals surface area contributed by atoms with Gasteiger partial charge in [0, 0.05) is 26.2 Å². The number of nitrogens with zero attached hydrogens (tertiary/aromatic N) is 1. The van der Waals surface area contributed by atoms with Crippen molar-refractivity contribution in [3.8, 4) is 5.75 Å². The average molecular weight is 277 g/mol. The zero-order valence-corrected chi connectivity index (χ0v) is 12.7. The number of hydrogen-bond donors (Lipinski definition) is 2. The molecule has 0 atom stereocenters. The van der Waals surface area contributed by atoms with Gasteiger partial charge in [-0.05, 0) is 50.9 Å². The minimum absolute atomic E-state index is 0.163. The summed E-state index contributed by atoms with van der Waals surface area (Å²) < 4.78 is 5.66. The Labute approximate surface area is 122 Å². The van der Waals surface area contributed by atoms with E-state index in [2.05, 4.69) is 22.3 Å². The van der Waals surface area contributed by atoms with E-state index in [1.54, 1.807) is 0 Å². The maximum Gasteiger partial charge on any atom is 0.142 e. The van der Waals surface area contributed by atoms with Crippen molar-refractivity contribution >= 4 is 5.69 Å². The Bertz CT molecular complexity index is 414. The van der Waals surface area contributed by atoms with Crippen LogP contribution in [0.2, 0.25) is 0 Å². The van der Waals surface area contributed by atoms with Gasteiger partial charge >= 0.3 is 0 Å². The highest BCUT2D eigenvalue weighted by Gasteiger charge is 2.09. The Hall–Kier alpha value is -1.26. The molecule has 1 heterocycles. The van der Waals surface area contributed by atoms with Crippen LogP contribution in [0.3, 0.4) is 0 Å². The lowest BCUT2D eigenvalue weighted by atomic mass is 10.1. The summed E-state index contributed by atoms with van der Waals surface area (Å²) in [7, 11) is 0. The molecule has 0 bridgehead atoms. The molecule has 0 spiro atoms. The van der Waals surface area contributed by atoms with E-state index >= 15 is 0 Å². The lowest BCUT2D eigenvalue weighted by molar-refractivity contribution is 0.238. The third-order valence-electron chi connectivity index (χ3n) is 3.59. The van der Waals surface area contributed by atoms with Crippen LogP contribution in [0.1, 0.15) is 25.8 Å². The smallest absolute Gasteiger partial charge is 0.142 e. The molecule has 2 rings (SSSR count). The molecule has 0 unspecified atom stereocenters. The molecule has 0 radical (unpaired) electrons. The van der Waals surface area contributed by atoms with E-state index in [0.717, 1.165) is 30.9 Å². The molecular formula is C16H27N3O. The fraction of sp³-hybridized carbons (Fsp3) is 0.625. The summed E-state index contributed by atoms with van der Waals surface area (Å²) in [5.41, 5.74) is 8.09. The molecule has 1 aliphatic heterocycles. The van der Waals surface area contributed by atoms with Gasteiger partial charge in [-0.2, -0.15) is 0 Å². The lowest BCUT2D eigenvalue weighted by Gasteiger charge is -2.27. The van der Waals surface area contributed by atoms with Gasteiger partial charge in [0.25, 0.3) is 0 Å². The zero-order valence-electron chi connectivity index (χ0n) is 12.7. The molecule has 1 fully saturated rings. The Kier molecular flexibility index (Phi) is 5.68. The third kappa shape index (κ3) is 4.69. The maximum absolute atomic E-state index is 6.04. The molecule has 1 aromatic rings. The number of ether oxygens (including phenoxy) is 1. The van der Waals surface area contributed by atoms with Crippen molar-refractivity contribution < 1.29 is 4.74 Å². The van der Waals surface area contributed by atoms with Crippen molar-refractivity contribution in [1.29, 1.82) is 0 Å². The molecule has 0 aliphatic carbocycles. The SMILES string of the molecule is CC(C)Oc1ccc(CCCN2CCNCC2)cc1N. The minimum atomic E-state index is 0.163. The number of nitrogen functional groups attached to an aromatic ring is 1. The van der Waals surface area contributed by atoms with Crippen LogP contribution in [0.25, 0.3) is 0 Å². The number of nitrogens with two attached hydrogens (primary N) is 1. The highest BCUT2D eigenvalue weighted by atomic mass is 16.5. The fourth-order valence-electron chi connectivity index (χ4n) is 2.56. The van der Waals surface area contributed by atoms with Gasteiger partial charge in [-0.25, -0.2) is 0 Å².